The van der Waals surface area contributed by atoms with E-state index in [0.29, 0.717) is 17.8 Å². The smallest absolute Gasteiger partial charge is 0.336 e. The molecule has 2 aromatic carbocycles. The maximum absolute atomic E-state index is 12.3. The molecule has 3 aromatic rings. The summed E-state index contributed by atoms with van der Waals surface area (Å²) >= 11 is 0. The van der Waals surface area contributed by atoms with Crippen LogP contribution in [-0.4, -0.2) is 23.7 Å². The lowest BCUT2D eigenvalue weighted by Crippen LogP contribution is -2.38. The third-order valence-electron chi connectivity index (χ3n) is 4.52. The van der Waals surface area contributed by atoms with Crippen molar-refractivity contribution in [2.45, 2.75) is 32.5 Å². The highest BCUT2D eigenvalue weighted by atomic mass is 16.5. The Morgan fingerprint density at radius 3 is 2.64 bits per heavy atom. The van der Waals surface area contributed by atoms with E-state index >= 15 is 0 Å². The molecule has 6 nitrogen and oxygen atoms in total. The number of aryl methyl sites for hydroxylation is 1. The van der Waals surface area contributed by atoms with Gasteiger partial charge in [0.2, 0.25) is 0 Å². The molecule has 146 valence electrons. The van der Waals surface area contributed by atoms with Crippen molar-refractivity contribution in [3.63, 3.8) is 0 Å². The third-order valence-corrected chi connectivity index (χ3v) is 4.52. The van der Waals surface area contributed by atoms with Crippen molar-refractivity contribution in [1.82, 2.24) is 5.32 Å². The van der Waals surface area contributed by atoms with Gasteiger partial charge in [-0.1, -0.05) is 37.3 Å². The summed E-state index contributed by atoms with van der Waals surface area (Å²) in [5.74, 6) is 0.0778. The minimum Gasteiger partial charge on any atom is -0.481 e. The second-order valence-electron chi connectivity index (χ2n) is 6.53. The lowest BCUT2D eigenvalue weighted by atomic mass is 10.1. The Hall–Kier alpha value is -3.12. The van der Waals surface area contributed by atoms with Crippen molar-refractivity contribution in [1.29, 1.82) is 0 Å². The Kier molecular flexibility index (Phi) is 6.11. The minimum absolute atomic E-state index is 0.0863. The van der Waals surface area contributed by atoms with E-state index in [2.05, 4.69) is 5.32 Å². The van der Waals surface area contributed by atoms with Gasteiger partial charge in [0.15, 0.2) is 6.10 Å². The molecule has 0 bridgehead atoms. The zero-order valence-corrected chi connectivity index (χ0v) is 15.8. The second kappa shape index (κ2) is 8.71. The van der Waals surface area contributed by atoms with Crippen LogP contribution in [0.15, 0.2) is 63.8 Å². The van der Waals surface area contributed by atoms with Crippen LogP contribution in [0.3, 0.4) is 0 Å². The molecule has 0 aliphatic carbocycles. The van der Waals surface area contributed by atoms with Gasteiger partial charge < -0.3 is 19.6 Å². The number of hydrogen-bond acceptors (Lipinski definition) is 5. The van der Waals surface area contributed by atoms with Crippen molar-refractivity contribution in [3.8, 4) is 5.75 Å². The van der Waals surface area contributed by atoms with Crippen LogP contribution in [-0.2, 0) is 11.2 Å². The number of rotatable bonds is 7. The zero-order chi connectivity index (χ0) is 20.1. The molecule has 0 aliphatic rings. The van der Waals surface area contributed by atoms with E-state index in [-0.39, 0.29) is 12.5 Å². The van der Waals surface area contributed by atoms with Crippen LogP contribution in [0.25, 0.3) is 11.0 Å². The number of aliphatic hydroxyl groups is 1. The molecular formula is C22H23NO5. The number of benzene rings is 2. The Labute approximate surface area is 162 Å². The molecule has 0 radical (unpaired) electrons. The number of carbonyl (C=O) groups excluding carboxylic acids is 1. The van der Waals surface area contributed by atoms with Gasteiger partial charge >= 0.3 is 5.63 Å². The maximum atomic E-state index is 12.3. The Morgan fingerprint density at radius 1 is 1.18 bits per heavy atom. The average molecular weight is 381 g/mol. The van der Waals surface area contributed by atoms with Crippen LogP contribution in [0.2, 0.25) is 0 Å². The highest BCUT2D eigenvalue weighted by Crippen LogP contribution is 2.23. The van der Waals surface area contributed by atoms with Crippen LogP contribution in [0.4, 0.5) is 0 Å². The minimum atomic E-state index is -0.792. The standard InChI is InChI=1S/C22H23NO5/c1-3-15-11-21(25)28-20-12-17(9-10-18(15)20)27-14(2)22(26)23-13-19(24)16-7-5-4-6-8-16/h4-12,14,19,24H,3,13H2,1-2H3,(H,23,26)/t14-,19-/m0/s1. The van der Waals surface area contributed by atoms with Gasteiger partial charge in [0.25, 0.3) is 5.91 Å². The highest BCUT2D eigenvalue weighted by Gasteiger charge is 2.17. The van der Waals surface area contributed by atoms with Crippen molar-refractivity contribution in [2.75, 3.05) is 6.54 Å². The summed E-state index contributed by atoms with van der Waals surface area (Å²) in [6.45, 7) is 3.67. The van der Waals surface area contributed by atoms with Crippen molar-refractivity contribution >= 4 is 16.9 Å². The number of carbonyl (C=O) groups is 1. The molecule has 28 heavy (non-hydrogen) atoms. The lowest BCUT2D eigenvalue weighted by molar-refractivity contribution is -0.127. The first-order valence-electron chi connectivity index (χ1n) is 9.22. The van der Waals surface area contributed by atoms with Gasteiger partial charge in [-0.15, -0.1) is 0 Å². The molecule has 1 aromatic heterocycles. The Morgan fingerprint density at radius 2 is 1.93 bits per heavy atom. The molecule has 1 heterocycles. The van der Waals surface area contributed by atoms with Crippen molar-refractivity contribution < 1.29 is 19.1 Å². The van der Waals surface area contributed by atoms with Gasteiger partial charge in [0.05, 0.1) is 6.10 Å². The highest BCUT2D eigenvalue weighted by molar-refractivity contribution is 5.83. The fraction of sp³-hybridized carbons (Fsp3) is 0.273. The molecular weight excluding hydrogens is 358 g/mol. The van der Waals surface area contributed by atoms with Gasteiger partial charge in [0.1, 0.15) is 11.3 Å². The molecule has 1 amide bonds. The van der Waals surface area contributed by atoms with Gasteiger partial charge in [-0.2, -0.15) is 0 Å². The van der Waals surface area contributed by atoms with Crippen molar-refractivity contribution in [3.05, 3.63) is 76.1 Å². The van der Waals surface area contributed by atoms with E-state index in [0.717, 1.165) is 16.5 Å². The van der Waals surface area contributed by atoms with Crippen LogP contribution in [0, 0.1) is 0 Å². The zero-order valence-electron chi connectivity index (χ0n) is 15.8. The molecule has 2 atom stereocenters. The van der Waals surface area contributed by atoms with Gasteiger partial charge in [-0.05, 0) is 36.6 Å². The quantitative estimate of drug-likeness (QED) is 0.614. The number of fused-ring (bicyclic) bond motifs is 1. The van der Waals surface area contributed by atoms with Gasteiger partial charge in [-0.25, -0.2) is 4.79 Å². The largest absolute Gasteiger partial charge is 0.481 e. The normalized spacial score (nSPS) is 13.1. The number of ether oxygens (including phenoxy) is 1. The summed E-state index contributed by atoms with van der Waals surface area (Å²) in [5, 5.41) is 13.7. The molecule has 0 spiro atoms. The van der Waals surface area contributed by atoms with Gasteiger partial charge in [0, 0.05) is 24.1 Å². The van der Waals surface area contributed by atoms with E-state index in [9.17, 15) is 14.7 Å². The van der Waals surface area contributed by atoms with Crippen LogP contribution in [0.5, 0.6) is 5.75 Å². The number of aliphatic hydroxyl groups excluding tert-OH is 1. The maximum Gasteiger partial charge on any atom is 0.336 e. The number of hydrogen-bond donors (Lipinski definition) is 2. The molecule has 2 N–H and O–H groups in total. The molecule has 3 rings (SSSR count). The van der Waals surface area contributed by atoms with Crippen LogP contribution < -0.4 is 15.7 Å². The Bertz CT molecular complexity index is 1010. The SMILES string of the molecule is CCc1cc(=O)oc2cc(O[C@@H](C)C(=O)NC[C@H](O)c3ccccc3)ccc12. The van der Waals surface area contributed by atoms with E-state index in [1.807, 2.05) is 31.2 Å². The summed E-state index contributed by atoms with van der Waals surface area (Å²) in [4.78, 5) is 24.0. The monoisotopic (exact) mass is 381 g/mol. The number of nitrogens with one attached hydrogen (secondary N) is 1. The third kappa shape index (κ3) is 4.58. The molecule has 0 saturated heterocycles. The topological polar surface area (TPSA) is 88.8 Å². The van der Waals surface area contributed by atoms with E-state index in [1.165, 1.54) is 6.07 Å². The van der Waals surface area contributed by atoms with Crippen LogP contribution in [0.1, 0.15) is 31.1 Å². The summed E-state index contributed by atoms with van der Waals surface area (Å²) < 4.78 is 10.9. The second-order valence-corrected chi connectivity index (χ2v) is 6.53. The molecule has 0 fully saturated rings. The predicted octanol–water partition coefficient (Wildman–Crippen LogP) is 2.97. The van der Waals surface area contributed by atoms with Gasteiger partial charge in [-0.3, -0.25) is 4.79 Å². The fourth-order valence-corrected chi connectivity index (χ4v) is 2.97. The van der Waals surface area contributed by atoms with E-state index < -0.39 is 17.8 Å². The summed E-state index contributed by atoms with van der Waals surface area (Å²) in [6, 6.07) is 15.8. The summed E-state index contributed by atoms with van der Waals surface area (Å²) in [5.41, 5.74) is 1.64. The summed E-state index contributed by atoms with van der Waals surface area (Å²) in [7, 11) is 0. The summed E-state index contributed by atoms with van der Waals surface area (Å²) in [6.07, 6.45) is -0.855. The first kappa shape index (κ1) is 19.6. The predicted molar refractivity (Wildman–Crippen MR) is 106 cm³/mol. The molecule has 0 unspecified atom stereocenters. The number of amides is 1. The lowest BCUT2D eigenvalue weighted by Gasteiger charge is -2.17. The first-order chi connectivity index (χ1) is 13.5. The molecule has 0 saturated carbocycles. The molecule has 0 aliphatic heterocycles. The van der Waals surface area contributed by atoms with Crippen LogP contribution >= 0.6 is 0 Å². The first-order valence-corrected chi connectivity index (χ1v) is 9.22. The molecule has 6 heteroatoms. The fourth-order valence-electron chi connectivity index (χ4n) is 2.97. The van der Waals surface area contributed by atoms with E-state index in [1.54, 1.807) is 31.2 Å². The van der Waals surface area contributed by atoms with Crippen molar-refractivity contribution in [2.24, 2.45) is 0 Å². The Balaban J connectivity index is 1.64. The average Bonchev–Trinajstić information content (AvgIpc) is 2.71. The van der Waals surface area contributed by atoms with E-state index in [4.69, 9.17) is 9.15 Å².